The van der Waals surface area contributed by atoms with Crippen molar-refractivity contribution >= 4 is 5.91 Å². The molecular weight excluding hydrogens is 561 g/mol. The highest BCUT2D eigenvalue weighted by Crippen LogP contribution is 2.39. The smallest absolute Gasteiger partial charge is 0.373 e. The van der Waals surface area contributed by atoms with E-state index in [1.54, 1.807) is 4.98 Å². The van der Waals surface area contributed by atoms with Crippen LogP contribution < -0.4 is 10.9 Å². The fourth-order valence-corrected chi connectivity index (χ4v) is 4.05. The Morgan fingerprint density at radius 2 is 1.68 bits per heavy atom. The van der Waals surface area contributed by atoms with E-state index in [4.69, 9.17) is 4.74 Å². The van der Waals surface area contributed by atoms with Crippen LogP contribution in [0.3, 0.4) is 0 Å². The summed E-state index contributed by atoms with van der Waals surface area (Å²) >= 11 is 0. The van der Waals surface area contributed by atoms with Crippen LogP contribution in [0.25, 0.3) is 11.4 Å². The number of carbonyl (C=O) groups excluding carboxylic acids is 1. The second-order valence-electron chi connectivity index (χ2n) is 8.97. The van der Waals surface area contributed by atoms with E-state index in [1.807, 2.05) is 0 Å². The summed E-state index contributed by atoms with van der Waals surface area (Å²) in [6.45, 7) is -0.872. The number of benzene rings is 2. The van der Waals surface area contributed by atoms with Gasteiger partial charge in [0.15, 0.2) is 17.3 Å². The average Bonchev–Trinajstić information content (AvgIpc) is 2.83. The summed E-state index contributed by atoms with van der Waals surface area (Å²) in [4.78, 5) is 28.8. The van der Waals surface area contributed by atoms with Gasteiger partial charge in [0.1, 0.15) is 11.6 Å². The van der Waals surface area contributed by atoms with Crippen molar-refractivity contribution in [1.82, 2.24) is 15.3 Å². The Kier molecular flexibility index (Phi) is 7.97. The highest BCUT2D eigenvalue weighted by Gasteiger charge is 2.39. The molecule has 214 valence electrons. The van der Waals surface area contributed by atoms with E-state index < -0.39 is 88.0 Å². The molecule has 1 amide bonds. The zero-order chi connectivity index (χ0) is 29.4. The lowest BCUT2D eigenvalue weighted by Gasteiger charge is -2.34. The van der Waals surface area contributed by atoms with Gasteiger partial charge in [-0.15, -0.1) is 0 Å². The molecule has 0 saturated heterocycles. The minimum absolute atomic E-state index is 0.0157. The van der Waals surface area contributed by atoms with Crippen LogP contribution in [0, 0.1) is 23.4 Å². The number of hydrogen-bond donors (Lipinski definition) is 2. The number of carbonyl (C=O) groups is 1. The zero-order valence-electron chi connectivity index (χ0n) is 20.0. The predicted molar refractivity (Wildman–Crippen MR) is 120 cm³/mol. The molecule has 0 atom stereocenters. The number of halogens is 9. The van der Waals surface area contributed by atoms with Crippen molar-refractivity contribution in [2.24, 2.45) is 5.92 Å². The van der Waals surface area contributed by atoms with Gasteiger partial charge in [-0.1, -0.05) is 18.2 Å². The molecule has 2 N–H and O–H groups in total. The third kappa shape index (κ3) is 6.29. The molecule has 1 aliphatic rings. The van der Waals surface area contributed by atoms with Gasteiger partial charge in [0.05, 0.1) is 23.8 Å². The zero-order valence-corrected chi connectivity index (χ0v) is 20.0. The molecular formula is C25H18F9N3O3. The van der Waals surface area contributed by atoms with E-state index in [0.29, 0.717) is 12.1 Å². The van der Waals surface area contributed by atoms with Crippen molar-refractivity contribution in [3.8, 4) is 11.4 Å². The van der Waals surface area contributed by atoms with Crippen LogP contribution in [0.1, 0.15) is 35.2 Å². The van der Waals surface area contributed by atoms with E-state index in [0.717, 1.165) is 6.07 Å². The predicted octanol–water partition coefficient (Wildman–Crippen LogP) is 5.50. The van der Waals surface area contributed by atoms with Crippen LogP contribution in [0.5, 0.6) is 0 Å². The molecule has 1 saturated carbocycles. The lowest BCUT2D eigenvalue weighted by molar-refractivity contribution is -0.141. The average molecular weight is 579 g/mol. The molecule has 6 nitrogen and oxygen atoms in total. The fraction of sp³-hybridized carbons (Fsp3) is 0.320. The largest absolute Gasteiger partial charge is 0.433 e. The topological polar surface area (TPSA) is 84.1 Å². The third-order valence-electron chi connectivity index (χ3n) is 6.22. The van der Waals surface area contributed by atoms with Gasteiger partial charge in [-0.25, -0.2) is 18.2 Å². The van der Waals surface area contributed by atoms with Crippen molar-refractivity contribution in [2.45, 2.75) is 44.4 Å². The first kappa shape index (κ1) is 29.1. The third-order valence-corrected chi connectivity index (χ3v) is 6.22. The highest BCUT2D eigenvalue weighted by atomic mass is 19.4. The number of amides is 1. The number of alkyl halides is 6. The molecule has 3 aromatic rings. The summed E-state index contributed by atoms with van der Waals surface area (Å²) in [5, 5.41) is 2.34. The van der Waals surface area contributed by atoms with Crippen LogP contribution in [0.2, 0.25) is 0 Å². The molecule has 1 aliphatic carbocycles. The van der Waals surface area contributed by atoms with Gasteiger partial charge < -0.3 is 15.0 Å². The van der Waals surface area contributed by atoms with Gasteiger partial charge >= 0.3 is 12.4 Å². The van der Waals surface area contributed by atoms with Crippen molar-refractivity contribution in [3.05, 3.63) is 86.6 Å². The van der Waals surface area contributed by atoms with Crippen LogP contribution in [0.4, 0.5) is 39.5 Å². The molecule has 1 fully saturated rings. The molecule has 0 aliphatic heterocycles. The molecule has 4 rings (SSSR count). The number of ether oxygens (including phenoxy) is 1. The molecule has 15 heteroatoms. The van der Waals surface area contributed by atoms with Gasteiger partial charge in [0.25, 0.3) is 5.56 Å². The lowest BCUT2D eigenvalue weighted by atomic mass is 9.81. The Balaban J connectivity index is 1.46. The Bertz CT molecular complexity index is 1480. The highest BCUT2D eigenvalue weighted by molar-refractivity contribution is 5.79. The van der Waals surface area contributed by atoms with Crippen molar-refractivity contribution in [1.29, 1.82) is 0 Å². The molecule has 1 heterocycles. The lowest BCUT2D eigenvalue weighted by Crippen LogP contribution is -2.42. The number of nitrogens with one attached hydrogen (secondary N) is 2. The number of H-pyrrole nitrogens is 1. The summed E-state index contributed by atoms with van der Waals surface area (Å²) in [5.74, 6) is -6.25. The standard InChI is InChI=1S/C25H18F9N3O3/c26-16-3-1-2-12(20(16)27)10-40-14-6-13(7-14)23(39)35-9-11-4-5-15(24(29,30)31)19(21(11)28)22-36-17(25(32,33)34)8-18(38)37-22/h1-5,8,13-14H,6-7,9-10H2,(H,35,39)(H,36,37,38). The maximum Gasteiger partial charge on any atom is 0.433 e. The number of aromatic amines is 1. The Morgan fingerprint density at radius 1 is 0.975 bits per heavy atom. The monoisotopic (exact) mass is 579 g/mol. The van der Waals surface area contributed by atoms with Gasteiger partial charge in [-0.2, -0.15) is 26.3 Å². The maximum atomic E-state index is 15.3. The van der Waals surface area contributed by atoms with Crippen molar-refractivity contribution in [2.75, 3.05) is 0 Å². The first-order valence-corrected chi connectivity index (χ1v) is 11.5. The van der Waals surface area contributed by atoms with Crippen LogP contribution in [-0.2, 0) is 35.0 Å². The van der Waals surface area contributed by atoms with Crippen LogP contribution >= 0.6 is 0 Å². The fourth-order valence-electron chi connectivity index (χ4n) is 4.05. The Morgan fingerprint density at radius 3 is 2.33 bits per heavy atom. The number of rotatable bonds is 7. The van der Waals surface area contributed by atoms with Gasteiger partial charge in [0.2, 0.25) is 5.91 Å². The molecule has 1 aromatic heterocycles. The summed E-state index contributed by atoms with van der Waals surface area (Å²) in [6, 6.07) is 4.70. The number of aromatic nitrogens is 2. The van der Waals surface area contributed by atoms with Gasteiger partial charge in [-0.05, 0) is 25.0 Å². The normalized spacial score (nSPS) is 17.4. The second kappa shape index (κ2) is 10.9. The number of hydrogen-bond acceptors (Lipinski definition) is 4. The summed E-state index contributed by atoms with van der Waals surface area (Å²) in [7, 11) is 0. The summed E-state index contributed by atoms with van der Waals surface area (Å²) in [5.41, 5.74) is -6.89. The Labute approximate surface area is 219 Å². The summed E-state index contributed by atoms with van der Waals surface area (Å²) < 4.78 is 128. The number of nitrogens with zero attached hydrogens (tertiary/aromatic N) is 1. The molecule has 0 unspecified atom stereocenters. The first-order valence-electron chi connectivity index (χ1n) is 11.5. The molecule has 2 aromatic carbocycles. The minimum atomic E-state index is -5.22. The van der Waals surface area contributed by atoms with E-state index in [1.165, 1.54) is 12.1 Å². The van der Waals surface area contributed by atoms with E-state index in [2.05, 4.69) is 10.3 Å². The molecule has 0 radical (unpaired) electrons. The van der Waals surface area contributed by atoms with Gasteiger partial charge in [-0.3, -0.25) is 9.59 Å². The first-order chi connectivity index (χ1) is 18.6. The van der Waals surface area contributed by atoms with Crippen molar-refractivity contribution < 1.29 is 49.0 Å². The maximum absolute atomic E-state index is 15.3. The minimum Gasteiger partial charge on any atom is -0.373 e. The summed E-state index contributed by atoms with van der Waals surface area (Å²) in [6.07, 6.45) is -10.5. The second-order valence-corrected chi connectivity index (χ2v) is 8.97. The quantitative estimate of drug-likeness (QED) is 0.362. The molecule has 0 spiro atoms. The Hall–Kier alpha value is -3.88. The van der Waals surface area contributed by atoms with Crippen LogP contribution in [-0.4, -0.2) is 22.0 Å². The van der Waals surface area contributed by atoms with E-state index in [-0.39, 0.29) is 31.1 Å². The van der Waals surface area contributed by atoms with Crippen LogP contribution in [0.15, 0.2) is 41.2 Å². The van der Waals surface area contributed by atoms with Gasteiger partial charge in [0, 0.05) is 29.7 Å². The van der Waals surface area contributed by atoms with E-state index >= 15 is 4.39 Å². The SMILES string of the molecule is O=C(NCc1ccc(C(F)(F)F)c(-c2nc(C(F)(F)F)cc(=O)[nH]2)c1F)C1CC(OCc2cccc(F)c2F)C1. The molecule has 0 bridgehead atoms. The van der Waals surface area contributed by atoms with E-state index in [9.17, 15) is 44.7 Å². The molecule has 40 heavy (non-hydrogen) atoms. The van der Waals surface area contributed by atoms with Crippen molar-refractivity contribution in [3.63, 3.8) is 0 Å².